The van der Waals surface area contributed by atoms with Crippen LogP contribution < -0.4 is 15.4 Å². The highest BCUT2D eigenvalue weighted by Gasteiger charge is 2.30. The minimum atomic E-state index is -3.50. The monoisotopic (exact) mass is 443 g/mol. The van der Waals surface area contributed by atoms with E-state index in [1.54, 1.807) is 39.5 Å². The van der Waals surface area contributed by atoms with E-state index in [0.717, 1.165) is 30.5 Å². The molecule has 164 valence electrons. The fourth-order valence-electron chi connectivity index (χ4n) is 3.99. The van der Waals surface area contributed by atoms with E-state index in [4.69, 9.17) is 10.5 Å². The van der Waals surface area contributed by atoms with Crippen molar-refractivity contribution in [3.05, 3.63) is 53.6 Å². The highest BCUT2D eigenvalue weighted by Crippen LogP contribution is 2.32. The maximum absolute atomic E-state index is 12.9. The van der Waals surface area contributed by atoms with E-state index in [9.17, 15) is 18.0 Å². The third kappa shape index (κ3) is 4.42. The lowest BCUT2D eigenvalue weighted by Crippen LogP contribution is -2.35. The number of primary amides is 1. The zero-order chi connectivity index (χ0) is 22.0. The second-order valence-corrected chi connectivity index (χ2v) is 9.67. The van der Waals surface area contributed by atoms with Gasteiger partial charge in [0.15, 0.2) is 6.61 Å². The Bertz CT molecular complexity index is 1090. The van der Waals surface area contributed by atoms with Crippen molar-refractivity contribution >= 4 is 27.5 Å². The van der Waals surface area contributed by atoms with Crippen LogP contribution >= 0.6 is 0 Å². The Balaban J connectivity index is 1.43. The molecule has 0 atom stereocenters. The molecule has 4 rings (SSSR count). The van der Waals surface area contributed by atoms with Crippen LogP contribution in [0.5, 0.6) is 5.75 Å². The molecule has 31 heavy (non-hydrogen) atoms. The van der Waals surface area contributed by atoms with Crippen molar-refractivity contribution in [2.24, 2.45) is 5.73 Å². The molecule has 0 aliphatic carbocycles. The molecule has 2 heterocycles. The topological polar surface area (TPSA) is 110 Å². The van der Waals surface area contributed by atoms with Gasteiger partial charge in [0.25, 0.3) is 5.91 Å². The predicted molar refractivity (Wildman–Crippen MR) is 116 cm³/mol. The first-order valence-corrected chi connectivity index (χ1v) is 11.8. The molecule has 1 fully saturated rings. The molecule has 0 saturated carbocycles. The van der Waals surface area contributed by atoms with E-state index in [-0.39, 0.29) is 17.4 Å². The Hall–Kier alpha value is -2.91. The van der Waals surface area contributed by atoms with Gasteiger partial charge in [0, 0.05) is 30.9 Å². The molecule has 0 aromatic heterocycles. The fourth-order valence-corrected chi connectivity index (χ4v) is 5.56. The van der Waals surface area contributed by atoms with Crippen molar-refractivity contribution in [1.82, 2.24) is 4.31 Å². The number of anilines is 1. The standard InChI is InChI=1S/C22H25N3O5S/c23-22(27)16-4-6-18(7-5-16)30-15-21(26)25-13-10-17-14-19(8-9-20(17)25)31(28,29)24-11-2-1-3-12-24/h4-9,14H,1-3,10-13,15H2,(H2,23,27). The van der Waals surface area contributed by atoms with Crippen molar-refractivity contribution in [2.45, 2.75) is 30.6 Å². The lowest BCUT2D eigenvalue weighted by molar-refractivity contribution is -0.120. The molecule has 1 saturated heterocycles. The predicted octanol–water partition coefficient (Wildman–Crippen LogP) is 1.93. The van der Waals surface area contributed by atoms with Gasteiger partial charge in [0.2, 0.25) is 15.9 Å². The fraction of sp³-hybridized carbons (Fsp3) is 0.364. The zero-order valence-electron chi connectivity index (χ0n) is 17.1. The number of carbonyl (C=O) groups excluding carboxylic acids is 2. The molecule has 9 heteroatoms. The van der Waals surface area contributed by atoms with Crippen LogP contribution in [0.25, 0.3) is 0 Å². The zero-order valence-corrected chi connectivity index (χ0v) is 17.9. The van der Waals surface area contributed by atoms with Crippen molar-refractivity contribution in [3.8, 4) is 5.75 Å². The molecular formula is C22H25N3O5S. The Labute approximate surface area is 181 Å². The summed E-state index contributed by atoms with van der Waals surface area (Å²) in [4.78, 5) is 25.7. The highest BCUT2D eigenvalue weighted by molar-refractivity contribution is 7.89. The summed E-state index contributed by atoms with van der Waals surface area (Å²) in [6.07, 6.45) is 3.43. The Kier molecular flexibility index (Phi) is 5.97. The normalized spacial score (nSPS) is 16.7. The van der Waals surface area contributed by atoms with Crippen LogP contribution in [0, 0.1) is 0 Å². The molecule has 2 N–H and O–H groups in total. The minimum absolute atomic E-state index is 0.164. The molecule has 2 aromatic rings. The number of carbonyl (C=O) groups is 2. The summed E-state index contributed by atoms with van der Waals surface area (Å²) in [6.45, 7) is 1.43. The molecule has 2 aliphatic heterocycles. The summed E-state index contributed by atoms with van der Waals surface area (Å²) in [5.74, 6) is -0.289. The van der Waals surface area contributed by atoms with Gasteiger partial charge in [-0.1, -0.05) is 6.42 Å². The summed E-state index contributed by atoms with van der Waals surface area (Å²) in [6, 6.07) is 11.2. The number of hydrogen-bond donors (Lipinski definition) is 1. The maximum Gasteiger partial charge on any atom is 0.264 e. The summed E-state index contributed by atoms with van der Waals surface area (Å²) in [7, 11) is -3.50. The van der Waals surface area contributed by atoms with Crippen LogP contribution in [-0.2, 0) is 21.2 Å². The molecule has 2 amide bonds. The van der Waals surface area contributed by atoms with Gasteiger partial charge < -0.3 is 15.4 Å². The quantitative estimate of drug-likeness (QED) is 0.734. The van der Waals surface area contributed by atoms with Gasteiger partial charge in [-0.3, -0.25) is 9.59 Å². The number of benzene rings is 2. The van der Waals surface area contributed by atoms with Gasteiger partial charge in [-0.05, 0) is 67.3 Å². The molecule has 0 radical (unpaired) electrons. The minimum Gasteiger partial charge on any atom is -0.484 e. The number of hydrogen-bond acceptors (Lipinski definition) is 5. The summed E-state index contributed by atoms with van der Waals surface area (Å²) >= 11 is 0. The van der Waals surface area contributed by atoms with Gasteiger partial charge in [-0.15, -0.1) is 0 Å². The van der Waals surface area contributed by atoms with Gasteiger partial charge in [-0.2, -0.15) is 4.31 Å². The summed E-state index contributed by atoms with van der Waals surface area (Å²) < 4.78 is 32.9. The van der Waals surface area contributed by atoms with Crippen LogP contribution in [-0.4, -0.2) is 50.8 Å². The number of piperidine rings is 1. The van der Waals surface area contributed by atoms with E-state index in [2.05, 4.69) is 0 Å². The van der Waals surface area contributed by atoms with E-state index in [1.807, 2.05) is 0 Å². The number of nitrogens with zero attached hydrogens (tertiary/aromatic N) is 2. The van der Waals surface area contributed by atoms with Crippen LogP contribution in [0.4, 0.5) is 5.69 Å². The molecule has 2 aliphatic rings. The van der Waals surface area contributed by atoms with Crippen LogP contribution in [0.2, 0.25) is 0 Å². The summed E-state index contributed by atoms with van der Waals surface area (Å²) in [5, 5.41) is 0. The lowest BCUT2D eigenvalue weighted by atomic mass is 10.2. The second kappa shape index (κ2) is 8.68. The summed E-state index contributed by atoms with van der Waals surface area (Å²) in [5.41, 5.74) is 7.14. The SMILES string of the molecule is NC(=O)c1ccc(OCC(=O)N2CCc3cc(S(=O)(=O)N4CCCCC4)ccc32)cc1. The molecule has 2 aromatic carbocycles. The molecule has 0 bridgehead atoms. The van der Waals surface area contributed by atoms with Gasteiger partial charge >= 0.3 is 0 Å². The van der Waals surface area contributed by atoms with Crippen LogP contribution in [0.1, 0.15) is 35.2 Å². The van der Waals surface area contributed by atoms with Gasteiger partial charge in [0.05, 0.1) is 4.90 Å². The Morgan fingerprint density at radius 3 is 2.35 bits per heavy atom. The number of ether oxygens (including phenoxy) is 1. The Morgan fingerprint density at radius 1 is 0.968 bits per heavy atom. The van der Waals surface area contributed by atoms with Crippen LogP contribution in [0.15, 0.2) is 47.4 Å². The number of sulfonamides is 1. The molecule has 8 nitrogen and oxygen atoms in total. The Morgan fingerprint density at radius 2 is 1.68 bits per heavy atom. The average molecular weight is 444 g/mol. The number of fused-ring (bicyclic) bond motifs is 1. The van der Waals surface area contributed by atoms with Crippen molar-refractivity contribution < 1.29 is 22.7 Å². The van der Waals surface area contributed by atoms with E-state index in [0.29, 0.717) is 37.4 Å². The third-order valence-corrected chi connectivity index (χ3v) is 7.60. The smallest absolute Gasteiger partial charge is 0.264 e. The van der Waals surface area contributed by atoms with E-state index >= 15 is 0 Å². The maximum atomic E-state index is 12.9. The number of nitrogens with two attached hydrogens (primary N) is 1. The van der Waals surface area contributed by atoms with Gasteiger partial charge in [-0.25, -0.2) is 8.42 Å². The molecule has 0 spiro atoms. The van der Waals surface area contributed by atoms with Gasteiger partial charge in [0.1, 0.15) is 5.75 Å². The van der Waals surface area contributed by atoms with E-state index in [1.165, 1.54) is 12.1 Å². The first kappa shape index (κ1) is 21.3. The van der Waals surface area contributed by atoms with Crippen molar-refractivity contribution in [1.29, 1.82) is 0 Å². The average Bonchev–Trinajstić information content (AvgIpc) is 3.22. The van der Waals surface area contributed by atoms with Crippen molar-refractivity contribution in [3.63, 3.8) is 0 Å². The number of amides is 2. The lowest BCUT2D eigenvalue weighted by Gasteiger charge is -2.26. The first-order valence-electron chi connectivity index (χ1n) is 10.3. The molecular weight excluding hydrogens is 418 g/mol. The largest absolute Gasteiger partial charge is 0.484 e. The first-order chi connectivity index (χ1) is 14.9. The number of rotatable bonds is 6. The van der Waals surface area contributed by atoms with Crippen LogP contribution in [0.3, 0.4) is 0 Å². The van der Waals surface area contributed by atoms with E-state index < -0.39 is 15.9 Å². The third-order valence-electron chi connectivity index (χ3n) is 5.70. The second-order valence-electron chi connectivity index (χ2n) is 7.73. The highest BCUT2D eigenvalue weighted by atomic mass is 32.2. The molecule has 0 unspecified atom stereocenters. The van der Waals surface area contributed by atoms with Crippen molar-refractivity contribution in [2.75, 3.05) is 31.1 Å².